The molecule has 2 atom stereocenters. The monoisotopic (exact) mass is 244 g/mol. The number of carbonyl (C=O) groups excluding carboxylic acids is 1. The number of ether oxygens (including phenoxy) is 1. The molecule has 98 valence electrons. The zero-order chi connectivity index (χ0) is 13.6. The van der Waals surface area contributed by atoms with E-state index in [0.717, 1.165) is 0 Å². The zero-order valence-electron chi connectivity index (χ0n) is 11.0. The molecule has 0 radical (unpaired) electrons. The zero-order valence-corrected chi connectivity index (χ0v) is 11.0. The van der Waals surface area contributed by atoms with Gasteiger partial charge < -0.3 is 14.3 Å². The average Bonchev–Trinajstić information content (AvgIpc) is 2.09. The molecule has 0 saturated heterocycles. The smallest absolute Gasteiger partial charge is 0.310 e. The van der Waals surface area contributed by atoms with E-state index in [0.29, 0.717) is 11.0 Å². The second-order valence-electron chi connectivity index (χ2n) is 5.09. The minimum absolute atomic E-state index is 0.285. The number of carboxylic acid groups (broad SMARTS) is 1. The van der Waals surface area contributed by atoms with Crippen LogP contribution >= 0.6 is 0 Å². The summed E-state index contributed by atoms with van der Waals surface area (Å²) in [5.74, 6) is -2.17. The fourth-order valence-electron chi connectivity index (χ4n) is 1.59. The van der Waals surface area contributed by atoms with E-state index in [9.17, 15) is 9.59 Å². The molecule has 0 rings (SSSR count). The van der Waals surface area contributed by atoms with Crippen molar-refractivity contribution in [2.75, 3.05) is 27.7 Å². The van der Waals surface area contributed by atoms with Gasteiger partial charge in [0.1, 0.15) is 12.5 Å². The van der Waals surface area contributed by atoms with Crippen LogP contribution in [-0.4, -0.2) is 55.3 Å². The first-order valence-electron chi connectivity index (χ1n) is 5.48. The third kappa shape index (κ3) is 6.73. The number of rotatable bonds is 7. The molecule has 0 amide bonds. The number of likely N-dealkylation sites (N-methyl/N-ethyl adjacent to an activating group) is 1. The Balaban J connectivity index is 4.90. The van der Waals surface area contributed by atoms with Crippen LogP contribution in [0.3, 0.4) is 0 Å². The molecule has 0 aliphatic rings. The number of hydrogen-bond donors (Lipinski definition) is 1. The molecule has 0 spiro atoms. The molecule has 0 aromatic carbocycles. The van der Waals surface area contributed by atoms with Crippen LogP contribution < -0.4 is 0 Å². The highest BCUT2D eigenvalue weighted by molar-refractivity contribution is 5.72. The Morgan fingerprint density at radius 3 is 2.24 bits per heavy atom. The highest BCUT2D eigenvalue weighted by Gasteiger charge is 2.33. The van der Waals surface area contributed by atoms with E-state index in [2.05, 4.69) is 6.58 Å². The molecule has 0 aromatic rings. The summed E-state index contributed by atoms with van der Waals surface area (Å²) in [6.07, 6.45) is 1.18. The van der Waals surface area contributed by atoms with Crippen molar-refractivity contribution in [3.8, 4) is 0 Å². The number of nitrogens with zero attached hydrogens (tertiary/aromatic N) is 1. The molecule has 5 heteroatoms. The van der Waals surface area contributed by atoms with E-state index in [1.54, 1.807) is 0 Å². The van der Waals surface area contributed by atoms with Crippen LogP contribution in [0.25, 0.3) is 0 Å². The Hall–Kier alpha value is -1.36. The maximum Gasteiger partial charge on any atom is 0.310 e. The van der Waals surface area contributed by atoms with Crippen LogP contribution in [0.5, 0.6) is 0 Å². The number of carboxylic acids is 1. The van der Waals surface area contributed by atoms with Gasteiger partial charge in [-0.2, -0.15) is 0 Å². The minimum Gasteiger partial charge on any atom is -0.481 e. The van der Waals surface area contributed by atoms with Crippen LogP contribution in [0.2, 0.25) is 0 Å². The Labute approximate surface area is 102 Å². The molecular formula is C12H22NO4+. The highest BCUT2D eigenvalue weighted by atomic mass is 16.5. The van der Waals surface area contributed by atoms with Gasteiger partial charge in [0, 0.05) is 6.92 Å². The lowest BCUT2D eigenvalue weighted by atomic mass is 9.97. The number of allylic oxidation sites excluding steroid dienone is 1. The summed E-state index contributed by atoms with van der Waals surface area (Å²) in [6, 6.07) is 0. The molecule has 0 aromatic heterocycles. The minimum atomic E-state index is -0.968. The molecule has 1 N–H and O–H groups in total. The highest BCUT2D eigenvalue weighted by Crippen LogP contribution is 2.16. The summed E-state index contributed by atoms with van der Waals surface area (Å²) >= 11 is 0. The Morgan fingerprint density at radius 1 is 1.41 bits per heavy atom. The lowest BCUT2D eigenvalue weighted by molar-refractivity contribution is -0.873. The summed E-state index contributed by atoms with van der Waals surface area (Å²) in [7, 11) is 5.76. The van der Waals surface area contributed by atoms with Gasteiger partial charge in [-0.25, -0.2) is 0 Å². The first-order valence-corrected chi connectivity index (χ1v) is 5.48. The van der Waals surface area contributed by atoms with Crippen molar-refractivity contribution in [3.05, 3.63) is 12.7 Å². The quantitative estimate of drug-likeness (QED) is 0.410. The van der Waals surface area contributed by atoms with E-state index >= 15 is 0 Å². The van der Waals surface area contributed by atoms with Crippen molar-refractivity contribution in [2.45, 2.75) is 19.4 Å². The number of aliphatic carboxylic acids is 1. The second kappa shape index (κ2) is 6.39. The Bertz CT molecular complexity index is 293. The maximum absolute atomic E-state index is 11.2. The molecule has 0 aliphatic carbocycles. The van der Waals surface area contributed by atoms with Crippen LogP contribution in [0.1, 0.15) is 13.3 Å². The third-order valence-electron chi connectivity index (χ3n) is 2.23. The van der Waals surface area contributed by atoms with Crippen LogP contribution in [0, 0.1) is 5.92 Å². The van der Waals surface area contributed by atoms with Gasteiger partial charge in [-0.05, 0) is 6.42 Å². The first-order chi connectivity index (χ1) is 7.67. The largest absolute Gasteiger partial charge is 0.481 e. The predicted molar refractivity (Wildman–Crippen MR) is 64.4 cm³/mol. The molecule has 0 saturated carbocycles. The van der Waals surface area contributed by atoms with E-state index in [1.165, 1.54) is 13.0 Å². The predicted octanol–water partition coefficient (Wildman–Crippen LogP) is 0.901. The lowest BCUT2D eigenvalue weighted by Gasteiger charge is -2.31. The molecule has 17 heavy (non-hydrogen) atoms. The average molecular weight is 244 g/mol. The fraction of sp³-hybridized carbons (Fsp3) is 0.667. The Morgan fingerprint density at radius 2 is 1.94 bits per heavy atom. The standard InChI is InChI=1S/C12H21NO4/c1-6-7-10(12(15)16)11(17-9(2)14)8-13(3,4)5/h6,10-11H,1,7-8H2,2-5H3/p+1. The number of hydrogen-bond acceptors (Lipinski definition) is 3. The maximum atomic E-state index is 11.2. The number of quaternary nitrogens is 1. The van der Waals surface area contributed by atoms with Gasteiger partial charge in [0.25, 0.3) is 0 Å². The van der Waals surface area contributed by atoms with Crippen molar-refractivity contribution in [2.24, 2.45) is 5.92 Å². The van der Waals surface area contributed by atoms with Crippen molar-refractivity contribution in [1.29, 1.82) is 0 Å². The van der Waals surface area contributed by atoms with Crippen molar-refractivity contribution in [3.63, 3.8) is 0 Å². The molecular weight excluding hydrogens is 222 g/mol. The third-order valence-corrected chi connectivity index (χ3v) is 2.23. The van der Waals surface area contributed by atoms with Gasteiger partial charge in [0.15, 0.2) is 6.10 Å². The SMILES string of the molecule is C=CCC(C(=O)O)C(C[N+](C)(C)C)OC(C)=O. The molecule has 0 aliphatic heterocycles. The van der Waals surface area contributed by atoms with Gasteiger partial charge in [0.05, 0.1) is 21.1 Å². The normalized spacial score (nSPS) is 14.8. The molecule has 0 heterocycles. The summed E-state index contributed by atoms with van der Waals surface area (Å²) in [6.45, 7) is 5.27. The van der Waals surface area contributed by atoms with Crippen molar-refractivity contribution in [1.82, 2.24) is 0 Å². The van der Waals surface area contributed by atoms with E-state index in [-0.39, 0.29) is 6.42 Å². The van der Waals surface area contributed by atoms with Crippen molar-refractivity contribution < 1.29 is 23.9 Å². The summed E-state index contributed by atoms with van der Waals surface area (Å²) in [4.78, 5) is 22.2. The van der Waals surface area contributed by atoms with Crippen LogP contribution in [0.15, 0.2) is 12.7 Å². The van der Waals surface area contributed by atoms with Gasteiger partial charge in [-0.3, -0.25) is 9.59 Å². The van der Waals surface area contributed by atoms with Gasteiger partial charge in [-0.15, -0.1) is 6.58 Å². The van der Waals surface area contributed by atoms with E-state index < -0.39 is 24.0 Å². The topological polar surface area (TPSA) is 63.6 Å². The summed E-state index contributed by atoms with van der Waals surface area (Å²) in [5.41, 5.74) is 0. The first kappa shape index (κ1) is 15.6. The van der Waals surface area contributed by atoms with Gasteiger partial charge in [0.2, 0.25) is 0 Å². The summed E-state index contributed by atoms with van der Waals surface area (Å²) < 4.78 is 5.65. The molecule has 0 bridgehead atoms. The Kier molecular flexibility index (Phi) is 5.88. The second-order valence-corrected chi connectivity index (χ2v) is 5.09. The van der Waals surface area contributed by atoms with Crippen LogP contribution in [0.4, 0.5) is 0 Å². The van der Waals surface area contributed by atoms with Crippen LogP contribution in [-0.2, 0) is 14.3 Å². The molecule has 5 nitrogen and oxygen atoms in total. The van der Waals surface area contributed by atoms with Gasteiger partial charge in [-0.1, -0.05) is 6.08 Å². The fourth-order valence-corrected chi connectivity index (χ4v) is 1.59. The van der Waals surface area contributed by atoms with Crippen molar-refractivity contribution >= 4 is 11.9 Å². The van der Waals surface area contributed by atoms with E-state index in [1.807, 2.05) is 21.1 Å². The number of carbonyl (C=O) groups is 2. The van der Waals surface area contributed by atoms with Gasteiger partial charge >= 0.3 is 11.9 Å². The molecule has 0 fully saturated rings. The lowest BCUT2D eigenvalue weighted by Crippen LogP contribution is -2.47. The molecule has 2 unspecified atom stereocenters. The van der Waals surface area contributed by atoms with E-state index in [4.69, 9.17) is 9.84 Å². The number of esters is 1. The summed E-state index contributed by atoms with van der Waals surface area (Å²) in [5, 5.41) is 9.14.